The van der Waals surface area contributed by atoms with Crippen LogP contribution < -0.4 is 14.4 Å². The van der Waals surface area contributed by atoms with Gasteiger partial charge in [0.15, 0.2) is 0 Å². The molecule has 0 saturated carbocycles. The van der Waals surface area contributed by atoms with Crippen molar-refractivity contribution >= 4 is 27.3 Å². The first-order chi connectivity index (χ1) is 14.4. The molecule has 0 spiro atoms. The summed E-state index contributed by atoms with van der Waals surface area (Å²) in [6, 6.07) is 20.4. The fourth-order valence-corrected chi connectivity index (χ4v) is 5.41. The van der Waals surface area contributed by atoms with E-state index in [0.29, 0.717) is 29.1 Å². The van der Waals surface area contributed by atoms with Gasteiger partial charge in [-0.15, -0.1) is 0 Å². The number of amides is 1. The predicted molar refractivity (Wildman–Crippen MR) is 117 cm³/mol. The van der Waals surface area contributed by atoms with Crippen LogP contribution in [0.4, 0.5) is 11.4 Å². The first-order valence-electron chi connectivity index (χ1n) is 9.58. The number of carbonyl (C=O) groups is 1. The topological polar surface area (TPSA) is 75.7 Å². The Morgan fingerprint density at radius 1 is 1.03 bits per heavy atom. The van der Waals surface area contributed by atoms with Crippen molar-refractivity contribution in [3.63, 3.8) is 0 Å². The monoisotopic (exact) mass is 422 g/mol. The van der Waals surface area contributed by atoms with Gasteiger partial charge < -0.3 is 10.1 Å². The summed E-state index contributed by atoms with van der Waals surface area (Å²) in [4.78, 5) is 12.9. The van der Waals surface area contributed by atoms with E-state index < -0.39 is 10.0 Å². The number of carbonyl (C=O) groups excluding carboxylic acids is 1. The highest BCUT2D eigenvalue weighted by Crippen LogP contribution is 2.37. The summed E-state index contributed by atoms with van der Waals surface area (Å²) in [6.07, 6.45) is 0.547. The van der Waals surface area contributed by atoms with Gasteiger partial charge in [-0.2, -0.15) is 0 Å². The zero-order valence-electron chi connectivity index (χ0n) is 16.7. The second kappa shape index (κ2) is 7.84. The van der Waals surface area contributed by atoms with Gasteiger partial charge in [0.05, 0.1) is 17.7 Å². The zero-order valence-corrected chi connectivity index (χ0v) is 17.5. The number of benzene rings is 3. The highest BCUT2D eigenvalue weighted by molar-refractivity contribution is 7.92. The van der Waals surface area contributed by atoms with Crippen LogP contribution in [0.25, 0.3) is 0 Å². The van der Waals surface area contributed by atoms with E-state index in [0.717, 1.165) is 5.56 Å². The quantitative estimate of drug-likeness (QED) is 0.672. The van der Waals surface area contributed by atoms with Crippen molar-refractivity contribution < 1.29 is 17.9 Å². The van der Waals surface area contributed by atoms with E-state index in [1.807, 2.05) is 6.92 Å². The Morgan fingerprint density at radius 3 is 2.40 bits per heavy atom. The molecule has 1 N–H and O–H groups in total. The molecule has 1 aliphatic rings. The molecule has 1 amide bonds. The number of hydrogen-bond donors (Lipinski definition) is 1. The number of rotatable bonds is 5. The Hall–Kier alpha value is -3.32. The van der Waals surface area contributed by atoms with E-state index in [-0.39, 0.29) is 16.8 Å². The van der Waals surface area contributed by atoms with Crippen LogP contribution in [0.1, 0.15) is 22.8 Å². The molecule has 0 radical (unpaired) electrons. The number of nitrogens with one attached hydrogen (secondary N) is 1. The smallest absolute Gasteiger partial charge is 0.264 e. The molecular weight excluding hydrogens is 400 g/mol. The summed E-state index contributed by atoms with van der Waals surface area (Å²) >= 11 is 0. The standard InChI is InChI=1S/C23H22N2O4S/c1-16-14-18-15-17(23(26)24-19-9-11-20(29-2)12-10-19)8-13-22(18)25(16)30(27,28)21-6-4-3-5-7-21/h3-13,15-16H,14H2,1-2H3,(H,24,26)/t16-/m1/s1. The molecule has 3 aromatic carbocycles. The van der Waals surface area contributed by atoms with Crippen LogP contribution in [0.2, 0.25) is 0 Å². The Morgan fingerprint density at radius 2 is 1.73 bits per heavy atom. The van der Waals surface area contributed by atoms with Gasteiger partial charge in [0, 0.05) is 17.3 Å². The minimum absolute atomic E-state index is 0.231. The van der Waals surface area contributed by atoms with Crippen molar-refractivity contribution in [3.05, 3.63) is 83.9 Å². The first-order valence-corrected chi connectivity index (χ1v) is 11.0. The first kappa shape index (κ1) is 20.0. The molecule has 0 aliphatic carbocycles. The van der Waals surface area contributed by atoms with Crippen molar-refractivity contribution in [1.82, 2.24) is 0 Å². The molecule has 1 heterocycles. The highest BCUT2D eigenvalue weighted by atomic mass is 32.2. The largest absolute Gasteiger partial charge is 0.497 e. The minimum atomic E-state index is -3.67. The van der Waals surface area contributed by atoms with Crippen molar-refractivity contribution in [3.8, 4) is 5.75 Å². The molecule has 3 aromatic rings. The number of nitrogens with zero attached hydrogens (tertiary/aromatic N) is 1. The van der Waals surface area contributed by atoms with Gasteiger partial charge in [0.25, 0.3) is 15.9 Å². The lowest BCUT2D eigenvalue weighted by molar-refractivity contribution is 0.102. The summed E-state index contributed by atoms with van der Waals surface area (Å²) in [5.74, 6) is 0.458. The molecule has 1 atom stereocenters. The third kappa shape index (κ3) is 3.64. The molecule has 6 nitrogen and oxygen atoms in total. The molecule has 154 valence electrons. The predicted octanol–water partition coefficient (Wildman–Crippen LogP) is 4.09. The van der Waals surface area contributed by atoms with Crippen LogP contribution >= 0.6 is 0 Å². The Labute approximate surface area is 176 Å². The molecule has 0 aromatic heterocycles. The van der Waals surface area contributed by atoms with Crippen molar-refractivity contribution in [2.45, 2.75) is 24.3 Å². The number of fused-ring (bicyclic) bond motifs is 1. The van der Waals surface area contributed by atoms with Crippen LogP contribution in [0.3, 0.4) is 0 Å². The van der Waals surface area contributed by atoms with E-state index in [9.17, 15) is 13.2 Å². The summed E-state index contributed by atoms with van der Waals surface area (Å²) < 4.78 is 32.9. The van der Waals surface area contributed by atoms with E-state index in [2.05, 4.69) is 5.32 Å². The summed E-state index contributed by atoms with van der Waals surface area (Å²) in [7, 11) is -2.08. The van der Waals surface area contributed by atoms with Gasteiger partial charge in [0.2, 0.25) is 0 Å². The average molecular weight is 423 g/mol. The molecular formula is C23H22N2O4S. The summed E-state index contributed by atoms with van der Waals surface area (Å²) in [5, 5.41) is 2.85. The lowest BCUT2D eigenvalue weighted by Crippen LogP contribution is -2.35. The minimum Gasteiger partial charge on any atom is -0.497 e. The van der Waals surface area contributed by atoms with Crippen LogP contribution in [0.15, 0.2) is 77.7 Å². The molecule has 0 saturated heterocycles. The lowest BCUT2D eigenvalue weighted by Gasteiger charge is -2.24. The Bertz CT molecular complexity index is 1180. The van der Waals surface area contributed by atoms with Gasteiger partial charge in [0.1, 0.15) is 5.75 Å². The van der Waals surface area contributed by atoms with Crippen LogP contribution in [0, 0.1) is 0 Å². The molecule has 0 unspecified atom stereocenters. The van der Waals surface area contributed by atoms with Gasteiger partial charge in [-0.1, -0.05) is 18.2 Å². The summed E-state index contributed by atoms with van der Waals surface area (Å²) in [6.45, 7) is 1.87. The SMILES string of the molecule is COc1ccc(NC(=O)c2ccc3c(c2)C[C@@H](C)N3S(=O)(=O)c2ccccc2)cc1. The highest BCUT2D eigenvalue weighted by Gasteiger charge is 2.36. The Kier molecular flexibility index (Phi) is 5.22. The second-order valence-electron chi connectivity index (χ2n) is 7.19. The number of sulfonamides is 1. The number of ether oxygens (including phenoxy) is 1. The zero-order chi connectivity index (χ0) is 21.3. The molecule has 7 heteroatoms. The number of hydrogen-bond acceptors (Lipinski definition) is 4. The molecule has 30 heavy (non-hydrogen) atoms. The molecule has 0 bridgehead atoms. The van der Waals surface area contributed by atoms with Gasteiger partial charge in [-0.25, -0.2) is 8.42 Å². The van der Waals surface area contributed by atoms with Crippen LogP contribution in [-0.2, 0) is 16.4 Å². The van der Waals surface area contributed by atoms with Crippen LogP contribution in [0.5, 0.6) is 5.75 Å². The third-order valence-corrected chi connectivity index (χ3v) is 7.09. The van der Waals surface area contributed by atoms with E-state index in [1.165, 1.54) is 4.31 Å². The lowest BCUT2D eigenvalue weighted by atomic mass is 10.1. The third-order valence-electron chi connectivity index (χ3n) is 5.14. The fraction of sp³-hybridized carbons (Fsp3) is 0.174. The van der Waals surface area contributed by atoms with E-state index >= 15 is 0 Å². The Balaban J connectivity index is 1.60. The summed E-state index contributed by atoms with van der Waals surface area (Å²) in [5.41, 5.74) is 2.59. The maximum Gasteiger partial charge on any atom is 0.264 e. The molecule has 1 aliphatic heterocycles. The van der Waals surface area contributed by atoms with Crippen molar-refractivity contribution in [2.24, 2.45) is 0 Å². The fourth-order valence-electron chi connectivity index (χ4n) is 3.69. The normalized spacial score (nSPS) is 15.5. The van der Waals surface area contributed by atoms with Crippen LogP contribution in [-0.4, -0.2) is 27.5 Å². The maximum atomic E-state index is 13.2. The second-order valence-corrected chi connectivity index (χ2v) is 9.01. The number of anilines is 2. The van der Waals surface area contributed by atoms with Crippen molar-refractivity contribution in [2.75, 3.05) is 16.7 Å². The van der Waals surface area contributed by atoms with Gasteiger partial charge >= 0.3 is 0 Å². The molecule has 4 rings (SSSR count). The van der Waals surface area contributed by atoms with Gasteiger partial charge in [-0.05, 0) is 73.5 Å². The maximum absolute atomic E-state index is 13.2. The number of methoxy groups -OCH3 is 1. The van der Waals surface area contributed by atoms with E-state index in [4.69, 9.17) is 4.74 Å². The molecule has 0 fully saturated rings. The van der Waals surface area contributed by atoms with Crippen molar-refractivity contribution in [1.29, 1.82) is 0 Å². The average Bonchev–Trinajstić information content (AvgIpc) is 3.10. The van der Waals surface area contributed by atoms with E-state index in [1.54, 1.807) is 79.9 Å². The van der Waals surface area contributed by atoms with Gasteiger partial charge in [-0.3, -0.25) is 9.10 Å².